The monoisotopic (exact) mass is 278 g/mol. The first-order chi connectivity index (χ1) is 8.86. The van der Waals surface area contributed by atoms with Crippen LogP contribution in [0.4, 0.5) is 0 Å². The maximum Gasteiger partial charge on any atom is 0.0593 e. The van der Waals surface area contributed by atoms with Gasteiger partial charge in [0.05, 0.1) is 6.61 Å². The average molecular weight is 279 g/mol. The van der Waals surface area contributed by atoms with Crippen LogP contribution in [0.3, 0.4) is 0 Å². The summed E-state index contributed by atoms with van der Waals surface area (Å²) >= 11 is 5.78. The van der Waals surface area contributed by atoms with E-state index in [4.69, 9.17) is 21.1 Å². The number of hydrogen-bond donors (Lipinski definition) is 0. The number of rotatable bonds is 9. The second kappa shape index (κ2) is 11.0. The summed E-state index contributed by atoms with van der Waals surface area (Å²) in [6.45, 7) is 9.12. The highest BCUT2D eigenvalue weighted by molar-refractivity contribution is 6.18. The van der Waals surface area contributed by atoms with Crippen molar-refractivity contribution in [2.24, 2.45) is 0 Å². The lowest BCUT2D eigenvalue weighted by Crippen LogP contribution is -2.33. The Morgan fingerprint density at radius 3 is 2.33 bits per heavy atom. The van der Waals surface area contributed by atoms with Crippen LogP contribution in [-0.4, -0.2) is 81.9 Å². The first-order valence-electron chi connectivity index (χ1n) is 6.94. The standard InChI is InChI=1S/C13H27ClN2O2/c1-17-11-3-12-18-13-10-16-6-2-5-15(7-4-14)8-9-16/h2-13H2,1H3. The molecule has 0 aromatic rings. The van der Waals surface area contributed by atoms with Crippen LogP contribution in [0.15, 0.2) is 0 Å². The summed E-state index contributed by atoms with van der Waals surface area (Å²) in [5.74, 6) is 0.739. The number of hydrogen-bond acceptors (Lipinski definition) is 4. The summed E-state index contributed by atoms with van der Waals surface area (Å²) in [4.78, 5) is 4.94. The Hall–Kier alpha value is 0.130. The third-order valence-corrected chi connectivity index (χ3v) is 3.44. The Morgan fingerprint density at radius 1 is 0.944 bits per heavy atom. The Labute approximate surface area is 116 Å². The number of nitrogens with zero attached hydrogens (tertiary/aromatic N) is 2. The minimum Gasteiger partial charge on any atom is -0.385 e. The third-order valence-electron chi connectivity index (χ3n) is 3.27. The molecule has 5 heteroatoms. The molecule has 18 heavy (non-hydrogen) atoms. The fourth-order valence-electron chi connectivity index (χ4n) is 2.19. The smallest absolute Gasteiger partial charge is 0.0593 e. The van der Waals surface area contributed by atoms with E-state index in [2.05, 4.69) is 9.80 Å². The van der Waals surface area contributed by atoms with Gasteiger partial charge in [-0.05, 0) is 25.9 Å². The quantitative estimate of drug-likeness (QED) is 0.469. The summed E-state index contributed by atoms with van der Waals surface area (Å²) in [7, 11) is 1.73. The largest absolute Gasteiger partial charge is 0.385 e. The Balaban J connectivity index is 2.01. The first-order valence-corrected chi connectivity index (χ1v) is 7.47. The fraction of sp³-hybridized carbons (Fsp3) is 1.00. The molecule has 1 heterocycles. The molecule has 0 aliphatic carbocycles. The Bertz CT molecular complexity index is 196. The van der Waals surface area contributed by atoms with Crippen LogP contribution < -0.4 is 0 Å². The van der Waals surface area contributed by atoms with Crippen LogP contribution >= 0.6 is 11.6 Å². The van der Waals surface area contributed by atoms with Gasteiger partial charge in [-0.1, -0.05) is 0 Å². The third kappa shape index (κ3) is 7.54. The molecule has 0 amide bonds. The van der Waals surface area contributed by atoms with E-state index in [9.17, 15) is 0 Å². The molecule has 0 saturated carbocycles. The van der Waals surface area contributed by atoms with Crippen LogP contribution in [0.1, 0.15) is 12.8 Å². The fourth-order valence-corrected chi connectivity index (χ4v) is 2.43. The van der Waals surface area contributed by atoms with Gasteiger partial charge in [-0.15, -0.1) is 11.6 Å². The molecule has 0 atom stereocenters. The van der Waals surface area contributed by atoms with E-state index >= 15 is 0 Å². The zero-order valence-electron chi connectivity index (χ0n) is 11.6. The maximum absolute atomic E-state index is 5.78. The molecule has 1 rings (SSSR count). The van der Waals surface area contributed by atoms with Gasteiger partial charge in [0.2, 0.25) is 0 Å². The summed E-state index contributed by atoms with van der Waals surface area (Å²) in [5.41, 5.74) is 0. The van der Waals surface area contributed by atoms with E-state index in [1.165, 1.54) is 19.5 Å². The molecular formula is C13H27ClN2O2. The van der Waals surface area contributed by atoms with Crippen molar-refractivity contribution in [3.8, 4) is 0 Å². The minimum atomic E-state index is 0.739. The highest BCUT2D eigenvalue weighted by atomic mass is 35.5. The van der Waals surface area contributed by atoms with Crippen molar-refractivity contribution in [2.45, 2.75) is 12.8 Å². The van der Waals surface area contributed by atoms with Gasteiger partial charge in [0.25, 0.3) is 0 Å². The van der Waals surface area contributed by atoms with Gasteiger partial charge in [-0.25, -0.2) is 0 Å². The lowest BCUT2D eigenvalue weighted by Gasteiger charge is -2.21. The second-order valence-electron chi connectivity index (χ2n) is 4.68. The number of halogens is 1. The van der Waals surface area contributed by atoms with E-state index in [1.807, 2.05) is 0 Å². The van der Waals surface area contributed by atoms with Crippen molar-refractivity contribution >= 4 is 11.6 Å². The summed E-state index contributed by atoms with van der Waals surface area (Å²) in [6, 6.07) is 0. The molecule has 0 N–H and O–H groups in total. The highest BCUT2D eigenvalue weighted by Crippen LogP contribution is 2.03. The Kier molecular flexibility index (Phi) is 9.89. The molecule has 0 unspecified atom stereocenters. The van der Waals surface area contributed by atoms with Crippen molar-refractivity contribution < 1.29 is 9.47 Å². The van der Waals surface area contributed by atoms with Gasteiger partial charge in [-0.2, -0.15) is 0 Å². The predicted molar refractivity (Wildman–Crippen MR) is 75.5 cm³/mol. The van der Waals surface area contributed by atoms with Crippen molar-refractivity contribution in [1.82, 2.24) is 9.80 Å². The van der Waals surface area contributed by atoms with Gasteiger partial charge in [0.15, 0.2) is 0 Å². The van der Waals surface area contributed by atoms with E-state index in [1.54, 1.807) is 7.11 Å². The van der Waals surface area contributed by atoms with E-state index in [0.717, 1.165) is 58.3 Å². The van der Waals surface area contributed by atoms with Crippen LogP contribution in [0.25, 0.3) is 0 Å². The van der Waals surface area contributed by atoms with Crippen molar-refractivity contribution in [3.05, 3.63) is 0 Å². The van der Waals surface area contributed by atoms with Crippen LogP contribution in [0.5, 0.6) is 0 Å². The lowest BCUT2D eigenvalue weighted by molar-refractivity contribution is 0.0844. The molecular weight excluding hydrogens is 252 g/mol. The van der Waals surface area contributed by atoms with E-state index < -0.39 is 0 Å². The average Bonchev–Trinajstić information content (AvgIpc) is 2.60. The molecule has 0 radical (unpaired) electrons. The normalized spacial score (nSPS) is 19.0. The SMILES string of the molecule is COCCCOCCN1CCCN(CCCl)CC1. The zero-order valence-corrected chi connectivity index (χ0v) is 12.3. The van der Waals surface area contributed by atoms with Gasteiger partial charge in [-0.3, -0.25) is 4.90 Å². The zero-order chi connectivity index (χ0) is 13.1. The highest BCUT2D eigenvalue weighted by Gasteiger charge is 2.13. The number of methoxy groups -OCH3 is 1. The molecule has 1 fully saturated rings. The molecule has 1 aliphatic rings. The molecule has 1 aliphatic heterocycles. The predicted octanol–water partition coefficient (Wildman–Crippen LogP) is 1.29. The van der Waals surface area contributed by atoms with E-state index in [0.29, 0.717) is 0 Å². The van der Waals surface area contributed by atoms with E-state index in [-0.39, 0.29) is 0 Å². The molecule has 0 spiro atoms. The maximum atomic E-state index is 5.78. The van der Waals surface area contributed by atoms with Crippen LogP contribution in [0, 0.1) is 0 Å². The molecule has 0 aromatic heterocycles. The van der Waals surface area contributed by atoms with Crippen LogP contribution in [0.2, 0.25) is 0 Å². The second-order valence-corrected chi connectivity index (χ2v) is 5.06. The first kappa shape index (κ1) is 16.2. The summed E-state index contributed by atoms with van der Waals surface area (Å²) < 4.78 is 10.6. The Morgan fingerprint density at radius 2 is 1.67 bits per heavy atom. The lowest BCUT2D eigenvalue weighted by atomic mass is 10.4. The van der Waals surface area contributed by atoms with Gasteiger partial charge in [0.1, 0.15) is 0 Å². The van der Waals surface area contributed by atoms with Gasteiger partial charge >= 0.3 is 0 Å². The van der Waals surface area contributed by atoms with Gasteiger partial charge < -0.3 is 14.4 Å². The molecule has 0 bridgehead atoms. The minimum absolute atomic E-state index is 0.739. The van der Waals surface area contributed by atoms with Crippen molar-refractivity contribution in [2.75, 3.05) is 72.1 Å². The summed E-state index contributed by atoms with van der Waals surface area (Å²) in [6.07, 6.45) is 2.22. The number of alkyl halides is 1. The topological polar surface area (TPSA) is 24.9 Å². The van der Waals surface area contributed by atoms with Crippen molar-refractivity contribution in [1.29, 1.82) is 0 Å². The molecule has 1 saturated heterocycles. The van der Waals surface area contributed by atoms with Crippen LogP contribution in [-0.2, 0) is 9.47 Å². The molecule has 4 nitrogen and oxygen atoms in total. The molecule has 0 aromatic carbocycles. The molecule has 108 valence electrons. The summed E-state index contributed by atoms with van der Waals surface area (Å²) in [5, 5.41) is 0. The van der Waals surface area contributed by atoms with Gasteiger partial charge in [0, 0.05) is 52.4 Å². The van der Waals surface area contributed by atoms with Crippen molar-refractivity contribution in [3.63, 3.8) is 0 Å². The number of ether oxygens (including phenoxy) is 2.